The first-order valence-corrected chi connectivity index (χ1v) is 11.2. The van der Waals surface area contributed by atoms with Gasteiger partial charge < -0.3 is 14.8 Å². The Morgan fingerprint density at radius 3 is 2.21 bits per heavy atom. The van der Waals surface area contributed by atoms with Gasteiger partial charge in [0.2, 0.25) is 15.9 Å². The second-order valence-corrected chi connectivity index (χ2v) is 8.90. The van der Waals surface area contributed by atoms with Crippen LogP contribution in [-0.4, -0.2) is 89.2 Å². The van der Waals surface area contributed by atoms with Crippen molar-refractivity contribution in [3.05, 3.63) is 29.8 Å². The maximum atomic E-state index is 12.6. The van der Waals surface area contributed by atoms with Gasteiger partial charge in [0, 0.05) is 45.7 Å². The van der Waals surface area contributed by atoms with Crippen molar-refractivity contribution in [3.63, 3.8) is 0 Å². The van der Waals surface area contributed by atoms with Crippen molar-refractivity contribution >= 4 is 15.9 Å². The third-order valence-corrected chi connectivity index (χ3v) is 6.94. The van der Waals surface area contributed by atoms with E-state index in [2.05, 4.69) is 10.2 Å². The SMILES string of the molecule is O=C(CCc1ccc(S(=O)(=O)N2CCOCC2)cc1)NCCN1CCOCC1. The second kappa shape index (κ2) is 10.3. The molecule has 2 aliphatic heterocycles. The van der Waals surface area contributed by atoms with E-state index in [4.69, 9.17) is 9.47 Å². The number of benzene rings is 1. The quantitative estimate of drug-likeness (QED) is 0.652. The van der Waals surface area contributed by atoms with Crippen LogP contribution in [0.25, 0.3) is 0 Å². The van der Waals surface area contributed by atoms with Crippen molar-refractivity contribution in [1.29, 1.82) is 0 Å². The van der Waals surface area contributed by atoms with Gasteiger partial charge in [-0.2, -0.15) is 4.31 Å². The van der Waals surface area contributed by atoms with Crippen LogP contribution in [0.5, 0.6) is 0 Å². The fourth-order valence-corrected chi connectivity index (χ4v) is 4.70. The van der Waals surface area contributed by atoms with E-state index in [1.165, 1.54) is 4.31 Å². The van der Waals surface area contributed by atoms with Gasteiger partial charge in [-0.3, -0.25) is 9.69 Å². The molecule has 9 heteroatoms. The summed E-state index contributed by atoms with van der Waals surface area (Å²) in [6, 6.07) is 6.82. The Morgan fingerprint density at radius 1 is 0.964 bits per heavy atom. The van der Waals surface area contributed by atoms with Crippen LogP contribution in [0.3, 0.4) is 0 Å². The molecule has 8 nitrogen and oxygen atoms in total. The highest BCUT2D eigenvalue weighted by Gasteiger charge is 2.26. The minimum absolute atomic E-state index is 0.0123. The van der Waals surface area contributed by atoms with E-state index >= 15 is 0 Å². The number of morpholine rings is 2. The maximum absolute atomic E-state index is 12.6. The molecule has 0 bridgehead atoms. The third-order valence-electron chi connectivity index (χ3n) is 5.03. The summed E-state index contributed by atoms with van der Waals surface area (Å²) in [7, 11) is -3.47. The molecule has 1 aromatic carbocycles. The van der Waals surface area contributed by atoms with Crippen LogP contribution >= 0.6 is 0 Å². The van der Waals surface area contributed by atoms with Gasteiger partial charge in [-0.15, -0.1) is 0 Å². The molecule has 0 atom stereocenters. The van der Waals surface area contributed by atoms with Gasteiger partial charge >= 0.3 is 0 Å². The Bertz CT molecular complexity index is 726. The highest BCUT2D eigenvalue weighted by molar-refractivity contribution is 7.89. The first-order chi connectivity index (χ1) is 13.6. The lowest BCUT2D eigenvalue weighted by molar-refractivity contribution is -0.121. The average Bonchev–Trinajstić information content (AvgIpc) is 2.74. The van der Waals surface area contributed by atoms with Gasteiger partial charge in [-0.25, -0.2) is 8.42 Å². The predicted molar refractivity (Wildman–Crippen MR) is 105 cm³/mol. The minimum atomic E-state index is -3.47. The average molecular weight is 412 g/mol. The zero-order valence-corrected chi connectivity index (χ0v) is 17.0. The summed E-state index contributed by atoms with van der Waals surface area (Å²) in [5.74, 6) is 0.0123. The maximum Gasteiger partial charge on any atom is 0.243 e. The number of amides is 1. The largest absolute Gasteiger partial charge is 0.379 e. The summed E-state index contributed by atoms with van der Waals surface area (Å²) in [4.78, 5) is 14.6. The molecule has 0 saturated carbocycles. The van der Waals surface area contributed by atoms with Crippen LogP contribution < -0.4 is 5.32 Å². The van der Waals surface area contributed by atoms with Crippen LogP contribution in [0.1, 0.15) is 12.0 Å². The Balaban J connectivity index is 1.41. The van der Waals surface area contributed by atoms with Crippen molar-refractivity contribution in [2.45, 2.75) is 17.7 Å². The molecule has 1 amide bonds. The normalized spacial score (nSPS) is 19.4. The summed E-state index contributed by atoms with van der Waals surface area (Å²) in [5, 5.41) is 2.94. The fraction of sp³-hybridized carbons (Fsp3) is 0.632. The van der Waals surface area contributed by atoms with Crippen molar-refractivity contribution in [3.8, 4) is 0 Å². The first kappa shape index (κ1) is 21.2. The van der Waals surface area contributed by atoms with Crippen LogP contribution in [0.2, 0.25) is 0 Å². The first-order valence-electron chi connectivity index (χ1n) is 9.79. The number of carbonyl (C=O) groups excluding carboxylic acids is 1. The summed E-state index contributed by atoms with van der Waals surface area (Å²) in [5.41, 5.74) is 0.948. The monoisotopic (exact) mass is 411 g/mol. The molecular formula is C19H29N3O5S. The molecule has 2 aliphatic rings. The molecule has 0 spiro atoms. The number of hydrogen-bond donors (Lipinski definition) is 1. The molecule has 2 fully saturated rings. The van der Waals surface area contributed by atoms with E-state index in [0.717, 1.165) is 38.4 Å². The van der Waals surface area contributed by atoms with Crippen molar-refractivity contribution in [1.82, 2.24) is 14.5 Å². The molecule has 1 N–H and O–H groups in total. The van der Waals surface area contributed by atoms with Crippen LogP contribution in [0.15, 0.2) is 29.2 Å². The molecule has 3 rings (SSSR count). The fourth-order valence-electron chi connectivity index (χ4n) is 3.29. The Kier molecular flexibility index (Phi) is 7.81. The molecule has 0 radical (unpaired) electrons. The lowest BCUT2D eigenvalue weighted by Crippen LogP contribution is -2.41. The van der Waals surface area contributed by atoms with Gasteiger partial charge in [0.05, 0.1) is 31.3 Å². The molecule has 2 saturated heterocycles. The van der Waals surface area contributed by atoms with E-state index in [1.54, 1.807) is 24.3 Å². The summed E-state index contributed by atoms with van der Waals surface area (Å²) in [6.45, 7) is 6.43. The predicted octanol–water partition coefficient (Wildman–Crippen LogP) is 0.0885. The number of nitrogens with zero attached hydrogens (tertiary/aromatic N) is 2. The van der Waals surface area contributed by atoms with E-state index in [1.807, 2.05) is 0 Å². The highest BCUT2D eigenvalue weighted by atomic mass is 32.2. The molecule has 156 valence electrons. The van der Waals surface area contributed by atoms with Crippen LogP contribution in [0, 0.1) is 0 Å². The molecular weight excluding hydrogens is 382 g/mol. The molecule has 0 aliphatic carbocycles. The van der Waals surface area contributed by atoms with Gasteiger partial charge in [0.15, 0.2) is 0 Å². The van der Waals surface area contributed by atoms with Gasteiger partial charge in [0.1, 0.15) is 0 Å². The summed E-state index contributed by atoms with van der Waals surface area (Å²) < 4.78 is 37.2. The van der Waals surface area contributed by atoms with Crippen molar-refractivity contribution in [2.24, 2.45) is 0 Å². The van der Waals surface area contributed by atoms with Crippen molar-refractivity contribution in [2.75, 3.05) is 65.7 Å². The van der Waals surface area contributed by atoms with Crippen LogP contribution in [-0.2, 0) is 30.7 Å². The smallest absolute Gasteiger partial charge is 0.243 e. The number of sulfonamides is 1. The molecule has 0 aromatic heterocycles. The number of rotatable bonds is 8. The number of carbonyl (C=O) groups is 1. The standard InChI is InChI=1S/C19H29N3O5S/c23-19(20-7-8-21-9-13-26-14-10-21)6-3-17-1-4-18(5-2-17)28(24,25)22-11-15-27-16-12-22/h1-2,4-5H,3,6-16H2,(H,20,23). The molecule has 0 unspecified atom stereocenters. The number of hydrogen-bond acceptors (Lipinski definition) is 6. The summed E-state index contributed by atoms with van der Waals surface area (Å²) in [6.07, 6.45) is 0.972. The highest BCUT2D eigenvalue weighted by Crippen LogP contribution is 2.18. The molecule has 1 aromatic rings. The zero-order valence-electron chi connectivity index (χ0n) is 16.1. The Morgan fingerprint density at radius 2 is 1.57 bits per heavy atom. The topological polar surface area (TPSA) is 88.2 Å². The number of aryl methyl sites for hydroxylation is 1. The number of ether oxygens (including phenoxy) is 2. The minimum Gasteiger partial charge on any atom is -0.379 e. The second-order valence-electron chi connectivity index (χ2n) is 6.96. The van der Waals surface area contributed by atoms with Crippen molar-refractivity contribution < 1.29 is 22.7 Å². The van der Waals surface area contributed by atoms with Gasteiger partial charge in [-0.05, 0) is 24.1 Å². The Labute approximate surface area is 166 Å². The molecule has 2 heterocycles. The lowest BCUT2D eigenvalue weighted by Gasteiger charge is -2.26. The third kappa shape index (κ3) is 5.99. The van der Waals surface area contributed by atoms with E-state index in [0.29, 0.717) is 45.7 Å². The Hall–Kier alpha value is -1.52. The van der Waals surface area contributed by atoms with Crippen LogP contribution in [0.4, 0.5) is 0 Å². The lowest BCUT2D eigenvalue weighted by atomic mass is 10.1. The van der Waals surface area contributed by atoms with Gasteiger partial charge in [0.25, 0.3) is 0 Å². The number of nitrogens with one attached hydrogen (secondary N) is 1. The zero-order chi connectivity index (χ0) is 19.8. The van der Waals surface area contributed by atoms with E-state index in [-0.39, 0.29) is 10.8 Å². The summed E-state index contributed by atoms with van der Waals surface area (Å²) >= 11 is 0. The van der Waals surface area contributed by atoms with E-state index < -0.39 is 10.0 Å². The van der Waals surface area contributed by atoms with E-state index in [9.17, 15) is 13.2 Å². The molecule has 28 heavy (non-hydrogen) atoms. The van der Waals surface area contributed by atoms with Gasteiger partial charge in [-0.1, -0.05) is 12.1 Å².